The van der Waals surface area contributed by atoms with E-state index in [9.17, 15) is 9.59 Å². The van der Waals surface area contributed by atoms with Gasteiger partial charge in [-0.25, -0.2) is 0 Å². The minimum atomic E-state index is -0.700. The number of halogens is 1. The van der Waals surface area contributed by atoms with Gasteiger partial charge in [0.25, 0.3) is 5.91 Å². The molecule has 0 heterocycles. The Morgan fingerprint density at radius 3 is 2.88 bits per heavy atom. The van der Waals surface area contributed by atoms with Gasteiger partial charge in [-0.1, -0.05) is 17.7 Å². The predicted molar refractivity (Wildman–Crippen MR) is 65.6 cm³/mol. The van der Waals surface area contributed by atoms with E-state index in [-0.39, 0.29) is 11.7 Å². The monoisotopic (exact) mass is 255 g/mol. The van der Waals surface area contributed by atoms with E-state index in [1.807, 2.05) is 6.92 Å². The number of para-hydroxylation sites is 1. The van der Waals surface area contributed by atoms with E-state index >= 15 is 0 Å². The number of rotatable bonds is 5. The Labute approximate surface area is 105 Å². The average molecular weight is 256 g/mol. The van der Waals surface area contributed by atoms with Crippen LogP contribution < -0.4 is 10.1 Å². The van der Waals surface area contributed by atoms with Crippen LogP contribution in [0.5, 0.6) is 5.75 Å². The molecule has 1 unspecified atom stereocenters. The van der Waals surface area contributed by atoms with Crippen LogP contribution in [0.15, 0.2) is 18.2 Å². The van der Waals surface area contributed by atoms with Crippen LogP contribution in [0.25, 0.3) is 0 Å². The van der Waals surface area contributed by atoms with Crippen LogP contribution in [0.3, 0.4) is 0 Å². The molecule has 0 radical (unpaired) electrons. The second-order valence-corrected chi connectivity index (χ2v) is 3.84. The fraction of sp³-hybridized carbons (Fsp3) is 0.333. The highest BCUT2D eigenvalue weighted by molar-refractivity contribution is 6.32. The molecule has 0 aliphatic rings. The maximum absolute atomic E-state index is 11.5. The third kappa shape index (κ3) is 3.46. The topological polar surface area (TPSA) is 55.4 Å². The standard InChI is InChI=1S/C12H14ClNO3/c1-3-14-12(16)8(2)17-11-9(7-15)5-4-6-10(11)13/h4-8H,3H2,1-2H3,(H,14,16). The Balaban J connectivity index is 2.87. The Bertz CT molecular complexity index is 420. The van der Waals surface area contributed by atoms with Crippen molar-refractivity contribution in [1.82, 2.24) is 5.32 Å². The van der Waals surface area contributed by atoms with E-state index in [2.05, 4.69) is 5.32 Å². The first-order chi connectivity index (χ1) is 8.10. The molecule has 0 fully saturated rings. The van der Waals surface area contributed by atoms with E-state index in [1.54, 1.807) is 25.1 Å². The Morgan fingerprint density at radius 2 is 2.29 bits per heavy atom. The number of hydrogen-bond donors (Lipinski definition) is 1. The number of nitrogens with one attached hydrogen (secondary N) is 1. The molecule has 1 rings (SSSR count). The Kier molecular flexibility index (Phi) is 4.97. The summed E-state index contributed by atoms with van der Waals surface area (Å²) in [6, 6.07) is 4.84. The third-order valence-corrected chi connectivity index (χ3v) is 2.44. The summed E-state index contributed by atoms with van der Waals surface area (Å²) in [5.74, 6) is -0.00723. The number of benzene rings is 1. The second kappa shape index (κ2) is 6.25. The average Bonchev–Trinajstić information content (AvgIpc) is 2.31. The van der Waals surface area contributed by atoms with Crippen molar-refractivity contribution in [1.29, 1.82) is 0 Å². The molecule has 5 heteroatoms. The summed E-state index contributed by atoms with van der Waals surface area (Å²) in [7, 11) is 0. The van der Waals surface area contributed by atoms with Crippen molar-refractivity contribution in [2.75, 3.05) is 6.54 Å². The smallest absolute Gasteiger partial charge is 0.260 e. The van der Waals surface area contributed by atoms with Gasteiger partial charge in [0, 0.05) is 6.54 Å². The van der Waals surface area contributed by atoms with Gasteiger partial charge in [-0.2, -0.15) is 0 Å². The first-order valence-corrected chi connectivity index (χ1v) is 5.66. The molecule has 0 spiro atoms. The number of ether oxygens (including phenoxy) is 1. The van der Waals surface area contributed by atoms with Crippen LogP contribution in [0, 0.1) is 0 Å². The predicted octanol–water partition coefficient (Wildman–Crippen LogP) is 2.06. The van der Waals surface area contributed by atoms with E-state index in [1.165, 1.54) is 0 Å². The fourth-order valence-corrected chi connectivity index (χ4v) is 1.52. The lowest BCUT2D eigenvalue weighted by Crippen LogP contribution is -2.36. The van der Waals surface area contributed by atoms with Gasteiger partial charge in [0.15, 0.2) is 12.4 Å². The minimum Gasteiger partial charge on any atom is -0.479 e. The summed E-state index contributed by atoms with van der Waals surface area (Å²) >= 11 is 5.92. The van der Waals surface area contributed by atoms with Gasteiger partial charge in [0.05, 0.1) is 10.6 Å². The summed E-state index contributed by atoms with van der Waals surface area (Å²) in [6.07, 6.45) is -0.0559. The summed E-state index contributed by atoms with van der Waals surface area (Å²) in [4.78, 5) is 22.3. The lowest BCUT2D eigenvalue weighted by Gasteiger charge is -2.16. The molecule has 4 nitrogen and oxygen atoms in total. The SMILES string of the molecule is CCNC(=O)C(C)Oc1c(Cl)cccc1C=O. The van der Waals surface area contributed by atoms with Crippen molar-refractivity contribution in [3.05, 3.63) is 28.8 Å². The molecule has 0 aliphatic carbocycles. The highest BCUT2D eigenvalue weighted by atomic mass is 35.5. The maximum Gasteiger partial charge on any atom is 0.260 e. The number of aldehydes is 1. The van der Waals surface area contributed by atoms with Gasteiger partial charge in [-0.05, 0) is 26.0 Å². The van der Waals surface area contributed by atoms with E-state index < -0.39 is 6.10 Å². The van der Waals surface area contributed by atoms with Crippen molar-refractivity contribution in [3.8, 4) is 5.75 Å². The molecular weight excluding hydrogens is 242 g/mol. The zero-order valence-electron chi connectivity index (χ0n) is 9.70. The number of hydrogen-bond acceptors (Lipinski definition) is 3. The van der Waals surface area contributed by atoms with Crippen LogP contribution >= 0.6 is 11.6 Å². The molecule has 0 aromatic heterocycles. The zero-order chi connectivity index (χ0) is 12.8. The first kappa shape index (κ1) is 13.5. The highest BCUT2D eigenvalue weighted by Crippen LogP contribution is 2.28. The Morgan fingerprint density at radius 1 is 1.59 bits per heavy atom. The van der Waals surface area contributed by atoms with Crippen molar-refractivity contribution in [2.24, 2.45) is 0 Å². The number of amides is 1. The molecule has 1 aromatic rings. The second-order valence-electron chi connectivity index (χ2n) is 3.43. The van der Waals surface area contributed by atoms with Crippen LogP contribution in [-0.2, 0) is 4.79 Å². The first-order valence-electron chi connectivity index (χ1n) is 5.28. The summed E-state index contributed by atoms with van der Waals surface area (Å²) < 4.78 is 5.41. The van der Waals surface area contributed by atoms with Gasteiger partial charge in [-0.15, -0.1) is 0 Å². The molecule has 1 amide bonds. The molecule has 1 atom stereocenters. The van der Waals surface area contributed by atoms with Crippen LogP contribution in [0.4, 0.5) is 0 Å². The van der Waals surface area contributed by atoms with Gasteiger partial charge in [0.1, 0.15) is 5.75 Å². The lowest BCUT2D eigenvalue weighted by molar-refractivity contribution is -0.127. The normalized spacial score (nSPS) is 11.7. The molecule has 0 aliphatic heterocycles. The molecule has 0 saturated heterocycles. The zero-order valence-corrected chi connectivity index (χ0v) is 10.5. The van der Waals surface area contributed by atoms with E-state index in [4.69, 9.17) is 16.3 Å². The van der Waals surface area contributed by atoms with Crippen molar-refractivity contribution in [3.63, 3.8) is 0 Å². The molecule has 0 bridgehead atoms. The molecule has 1 N–H and O–H groups in total. The Hall–Kier alpha value is -1.55. The fourth-order valence-electron chi connectivity index (χ4n) is 1.29. The van der Waals surface area contributed by atoms with Gasteiger partial charge < -0.3 is 10.1 Å². The van der Waals surface area contributed by atoms with Crippen LogP contribution in [-0.4, -0.2) is 24.8 Å². The number of carbonyl (C=O) groups excluding carboxylic acids is 2. The number of likely N-dealkylation sites (N-methyl/N-ethyl adjacent to an activating group) is 1. The van der Waals surface area contributed by atoms with Gasteiger partial charge in [0.2, 0.25) is 0 Å². The molecular formula is C12H14ClNO3. The summed E-state index contributed by atoms with van der Waals surface area (Å²) in [6.45, 7) is 3.94. The summed E-state index contributed by atoms with van der Waals surface area (Å²) in [5.41, 5.74) is 0.327. The van der Waals surface area contributed by atoms with E-state index in [0.29, 0.717) is 23.4 Å². The van der Waals surface area contributed by atoms with Gasteiger partial charge in [-0.3, -0.25) is 9.59 Å². The molecule has 17 heavy (non-hydrogen) atoms. The minimum absolute atomic E-state index is 0.239. The number of carbonyl (C=O) groups is 2. The van der Waals surface area contributed by atoms with Crippen molar-refractivity contribution >= 4 is 23.8 Å². The van der Waals surface area contributed by atoms with Crippen LogP contribution in [0.2, 0.25) is 5.02 Å². The molecule has 92 valence electrons. The summed E-state index contributed by atoms with van der Waals surface area (Å²) in [5, 5.41) is 2.94. The molecule has 1 aromatic carbocycles. The van der Waals surface area contributed by atoms with Crippen molar-refractivity contribution in [2.45, 2.75) is 20.0 Å². The lowest BCUT2D eigenvalue weighted by atomic mass is 10.2. The van der Waals surface area contributed by atoms with E-state index in [0.717, 1.165) is 0 Å². The highest BCUT2D eigenvalue weighted by Gasteiger charge is 2.17. The quantitative estimate of drug-likeness (QED) is 0.820. The largest absolute Gasteiger partial charge is 0.479 e. The van der Waals surface area contributed by atoms with Crippen molar-refractivity contribution < 1.29 is 14.3 Å². The van der Waals surface area contributed by atoms with Crippen LogP contribution in [0.1, 0.15) is 24.2 Å². The molecule has 0 saturated carbocycles. The maximum atomic E-state index is 11.5. The third-order valence-electron chi connectivity index (χ3n) is 2.14. The van der Waals surface area contributed by atoms with Gasteiger partial charge >= 0.3 is 0 Å².